The fourth-order valence-corrected chi connectivity index (χ4v) is 3.27. The van der Waals surface area contributed by atoms with Crippen LogP contribution in [0.2, 0.25) is 18.1 Å². The highest BCUT2D eigenvalue weighted by atomic mass is 28.4. The van der Waals surface area contributed by atoms with Crippen LogP contribution in [0.5, 0.6) is 0 Å². The van der Waals surface area contributed by atoms with Crippen LogP contribution >= 0.6 is 0 Å². The first-order valence-corrected chi connectivity index (χ1v) is 8.03. The number of rotatable bonds is 6. The standard InChI is InChI=1S/C10H24O2Si/c1-6-7-10(2,3)13(4,5)12-9-8-11/h11H,6-9H2,1-5H3. The summed E-state index contributed by atoms with van der Waals surface area (Å²) in [5.74, 6) is 0. The van der Waals surface area contributed by atoms with Gasteiger partial charge >= 0.3 is 0 Å². The second-order valence-corrected chi connectivity index (χ2v) is 9.38. The second-order valence-electron chi connectivity index (χ2n) is 4.72. The van der Waals surface area contributed by atoms with Gasteiger partial charge in [0.25, 0.3) is 0 Å². The van der Waals surface area contributed by atoms with Gasteiger partial charge in [-0.25, -0.2) is 0 Å². The maximum atomic E-state index is 8.72. The summed E-state index contributed by atoms with van der Waals surface area (Å²) in [6.07, 6.45) is 2.41. The van der Waals surface area contributed by atoms with Crippen molar-refractivity contribution in [2.45, 2.75) is 51.7 Å². The summed E-state index contributed by atoms with van der Waals surface area (Å²) in [5.41, 5.74) is 0. The van der Waals surface area contributed by atoms with Crippen molar-refractivity contribution < 1.29 is 9.53 Å². The highest BCUT2D eigenvalue weighted by Gasteiger charge is 2.39. The molecule has 13 heavy (non-hydrogen) atoms. The van der Waals surface area contributed by atoms with Gasteiger partial charge in [-0.1, -0.05) is 27.2 Å². The summed E-state index contributed by atoms with van der Waals surface area (Å²) >= 11 is 0. The Hall–Kier alpha value is 0.137. The molecule has 1 N–H and O–H groups in total. The molecule has 3 heteroatoms. The van der Waals surface area contributed by atoms with Crippen molar-refractivity contribution in [2.75, 3.05) is 13.2 Å². The van der Waals surface area contributed by atoms with Crippen LogP contribution in [0.25, 0.3) is 0 Å². The molecule has 0 radical (unpaired) electrons. The summed E-state index contributed by atoms with van der Waals surface area (Å²) in [7, 11) is -1.63. The van der Waals surface area contributed by atoms with Crippen molar-refractivity contribution in [3.05, 3.63) is 0 Å². The fraction of sp³-hybridized carbons (Fsp3) is 1.00. The first-order valence-electron chi connectivity index (χ1n) is 5.12. The van der Waals surface area contributed by atoms with Crippen molar-refractivity contribution in [2.24, 2.45) is 0 Å². The van der Waals surface area contributed by atoms with Crippen LogP contribution in [0.15, 0.2) is 0 Å². The molecule has 0 rings (SSSR count). The van der Waals surface area contributed by atoms with E-state index in [9.17, 15) is 0 Å². The Morgan fingerprint density at radius 1 is 1.31 bits per heavy atom. The zero-order valence-corrected chi connectivity index (χ0v) is 10.7. The quantitative estimate of drug-likeness (QED) is 0.674. The zero-order valence-electron chi connectivity index (χ0n) is 9.68. The summed E-state index contributed by atoms with van der Waals surface area (Å²) in [5, 5.41) is 9.02. The van der Waals surface area contributed by atoms with E-state index in [1.54, 1.807) is 0 Å². The van der Waals surface area contributed by atoms with Gasteiger partial charge in [0.15, 0.2) is 8.32 Å². The predicted octanol–water partition coefficient (Wildman–Crippen LogP) is 2.78. The maximum absolute atomic E-state index is 8.72. The zero-order chi connectivity index (χ0) is 10.5. The lowest BCUT2D eigenvalue weighted by atomic mass is 10.1. The Bertz CT molecular complexity index is 144. The van der Waals surface area contributed by atoms with Crippen molar-refractivity contribution in [1.82, 2.24) is 0 Å². The van der Waals surface area contributed by atoms with E-state index in [-0.39, 0.29) is 6.61 Å². The molecule has 0 aromatic rings. The maximum Gasteiger partial charge on any atom is 0.192 e. The molecule has 0 atom stereocenters. The smallest absolute Gasteiger partial charge is 0.192 e. The van der Waals surface area contributed by atoms with E-state index in [4.69, 9.17) is 9.53 Å². The first kappa shape index (κ1) is 13.1. The first-order chi connectivity index (χ1) is 5.87. The van der Waals surface area contributed by atoms with Crippen LogP contribution in [0, 0.1) is 0 Å². The molecule has 0 fully saturated rings. The minimum absolute atomic E-state index is 0.138. The summed E-state index contributed by atoms with van der Waals surface area (Å²) in [4.78, 5) is 0. The van der Waals surface area contributed by atoms with E-state index in [0.29, 0.717) is 11.6 Å². The van der Waals surface area contributed by atoms with E-state index in [1.165, 1.54) is 12.8 Å². The lowest BCUT2D eigenvalue weighted by Crippen LogP contribution is -2.43. The van der Waals surface area contributed by atoms with Gasteiger partial charge in [0.2, 0.25) is 0 Å². The second kappa shape index (κ2) is 5.13. The Morgan fingerprint density at radius 2 is 1.85 bits per heavy atom. The van der Waals surface area contributed by atoms with E-state index in [1.807, 2.05) is 0 Å². The van der Waals surface area contributed by atoms with Crippen LogP contribution in [0.1, 0.15) is 33.6 Å². The fourth-order valence-electron chi connectivity index (χ4n) is 1.42. The molecular formula is C10H24O2Si. The molecular weight excluding hydrogens is 180 g/mol. The normalized spacial score (nSPS) is 13.4. The number of aliphatic hydroxyl groups excluding tert-OH is 1. The molecule has 0 aliphatic carbocycles. The molecule has 0 aliphatic heterocycles. The summed E-state index contributed by atoms with van der Waals surface area (Å²) < 4.78 is 5.78. The highest BCUT2D eigenvalue weighted by molar-refractivity contribution is 6.74. The summed E-state index contributed by atoms with van der Waals surface area (Å²) in [6.45, 7) is 11.9. The Kier molecular flexibility index (Phi) is 5.18. The molecule has 0 spiro atoms. The van der Waals surface area contributed by atoms with E-state index < -0.39 is 8.32 Å². The van der Waals surface area contributed by atoms with E-state index in [2.05, 4.69) is 33.9 Å². The largest absolute Gasteiger partial charge is 0.414 e. The highest BCUT2D eigenvalue weighted by Crippen LogP contribution is 2.41. The van der Waals surface area contributed by atoms with Crippen molar-refractivity contribution in [1.29, 1.82) is 0 Å². The lowest BCUT2D eigenvalue weighted by molar-refractivity contribution is 0.187. The minimum Gasteiger partial charge on any atom is -0.414 e. The van der Waals surface area contributed by atoms with Gasteiger partial charge in [0, 0.05) is 0 Å². The SMILES string of the molecule is CCCC(C)(C)[Si](C)(C)OCCO. The minimum atomic E-state index is -1.63. The molecule has 0 aromatic carbocycles. The molecule has 0 unspecified atom stereocenters. The van der Waals surface area contributed by atoms with Gasteiger partial charge in [-0.2, -0.15) is 0 Å². The number of hydrogen-bond acceptors (Lipinski definition) is 2. The summed E-state index contributed by atoms with van der Waals surface area (Å²) in [6, 6.07) is 0. The Balaban J connectivity index is 4.22. The Morgan fingerprint density at radius 3 is 2.23 bits per heavy atom. The van der Waals surface area contributed by atoms with Gasteiger partial charge in [-0.05, 0) is 24.6 Å². The van der Waals surface area contributed by atoms with E-state index >= 15 is 0 Å². The molecule has 0 saturated heterocycles. The molecule has 0 aromatic heterocycles. The van der Waals surface area contributed by atoms with Gasteiger partial charge in [0.1, 0.15) is 0 Å². The third kappa shape index (κ3) is 3.79. The molecule has 0 saturated carbocycles. The lowest BCUT2D eigenvalue weighted by Gasteiger charge is -2.39. The Labute approximate surface area is 83.4 Å². The van der Waals surface area contributed by atoms with E-state index in [0.717, 1.165) is 0 Å². The molecule has 2 nitrogen and oxygen atoms in total. The van der Waals surface area contributed by atoms with Crippen LogP contribution in [-0.2, 0) is 4.43 Å². The van der Waals surface area contributed by atoms with Gasteiger partial charge in [-0.15, -0.1) is 0 Å². The third-order valence-corrected chi connectivity index (χ3v) is 7.49. The molecule has 0 bridgehead atoms. The average molecular weight is 204 g/mol. The molecule has 80 valence electrons. The molecule has 0 heterocycles. The van der Waals surface area contributed by atoms with Crippen LogP contribution in [0.3, 0.4) is 0 Å². The van der Waals surface area contributed by atoms with Crippen LogP contribution in [-0.4, -0.2) is 26.6 Å². The molecule has 0 amide bonds. The number of aliphatic hydroxyl groups is 1. The van der Waals surface area contributed by atoms with Gasteiger partial charge in [-0.3, -0.25) is 0 Å². The van der Waals surface area contributed by atoms with Crippen LogP contribution in [0.4, 0.5) is 0 Å². The van der Waals surface area contributed by atoms with Crippen LogP contribution < -0.4 is 0 Å². The monoisotopic (exact) mass is 204 g/mol. The average Bonchev–Trinajstić information content (AvgIpc) is 2.00. The van der Waals surface area contributed by atoms with Crippen molar-refractivity contribution in [3.63, 3.8) is 0 Å². The van der Waals surface area contributed by atoms with Crippen molar-refractivity contribution >= 4 is 8.32 Å². The van der Waals surface area contributed by atoms with Gasteiger partial charge < -0.3 is 9.53 Å². The third-order valence-electron chi connectivity index (χ3n) is 3.06. The predicted molar refractivity (Wildman–Crippen MR) is 59.5 cm³/mol. The van der Waals surface area contributed by atoms with Gasteiger partial charge in [0.05, 0.1) is 13.2 Å². The van der Waals surface area contributed by atoms with Crippen molar-refractivity contribution in [3.8, 4) is 0 Å². The topological polar surface area (TPSA) is 29.5 Å². The number of hydrogen-bond donors (Lipinski definition) is 1. The molecule has 0 aliphatic rings.